The van der Waals surface area contributed by atoms with Crippen LogP contribution in [0.4, 0.5) is 0 Å². The number of aryl methyl sites for hydroxylation is 1. The van der Waals surface area contributed by atoms with Gasteiger partial charge < -0.3 is 9.47 Å². The minimum absolute atomic E-state index is 0.592. The summed E-state index contributed by atoms with van der Waals surface area (Å²) in [5.74, 6) is 1.61. The molecule has 5 nitrogen and oxygen atoms in total. The molecule has 0 spiro atoms. The normalized spacial score (nSPS) is 13.4. The Labute approximate surface area is 151 Å². The number of fused-ring (bicyclic) bond motifs is 1. The average molecular weight is 355 g/mol. The second kappa shape index (κ2) is 6.90. The molecule has 0 aliphatic carbocycles. The molecule has 1 aromatic carbocycles. The highest BCUT2D eigenvalue weighted by Gasteiger charge is 2.17. The smallest absolute Gasteiger partial charge is 0.162 e. The molecule has 1 aliphatic heterocycles. The Kier molecular flexibility index (Phi) is 4.46. The van der Waals surface area contributed by atoms with Crippen LogP contribution in [0, 0.1) is 0 Å². The average Bonchev–Trinajstić information content (AvgIpc) is 3.24. The van der Waals surface area contributed by atoms with E-state index >= 15 is 0 Å². The van der Waals surface area contributed by atoms with E-state index in [9.17, 15) is 0 Å². The van der Waals surface area contributed by atoms with E-state index in [-0.39, 0.29) is 0 Å². The fourth-order valence-corrected chi connectivity index (χ4v) is 3.79. The summed E-state index contributed by atoms with van der Waals surface area (Å²) in [5, 5.41) is 8.99. The van der Waals surface area contributed by atoms with Crippen LogP contribution in [-0.4, -0.2) is 34.9 Å². The van der Waals surface area contributed by atoms with Gasteiger partial charge in [-0.3, -0.25) is 9.58 Å². The van der Waals surface area contributed by atoms with Crippen molar-refractivity contribution in [1.82, 2.24) is 14.7 Å². The van der Waals surface area contributed by atoms with Crippen LogP contribution >= 0.6 is 11.3 Å². The molecule has 0 saturated carbocycles. The van der Waals surface area contributed by atoms with Crippen molar-refractivity contribution in [3.8, 4) is 22.8 Å². The van der Waals surface area contributed by atoms with Crippen molar-refractivity contribution in [3.63, 3.8) is 0 Å². The number of rotatable bonds is 5. The van der Waals surface area contributed by atoms with Crippen LogP contribution in [0.25, 0.3) is 11.3 Å². The van der Waals surface area contributed by atoms with Crippen LogP contribution < -0.4 is 9.47 Å². The van der Waals surface area contributed by atoms with Gasteiger partial charge in [-0.25, -0.2) is 0 Å². The van der Waals surface area contributed by atoms with Gasteiger partial charge in [0.15, 0.2) is 11.5 Å². The summed E-state index contributed by atoms with van der Waals surface area (Å²) in [6.07, 6.45) is 2.09. The van der Waals surface area contributed by atoms with E-state index in [4.69, 9.17) is 9.47 Å². The lowest BCUT2D eigenvalue weighted by atomic mass is 10.1. The zero-order valence-electron chi connectivity index (χ0n) is 14.4. The molecule has 4 rings (SSSR count). The zero-order valence-corrected chi connectivity index (χ0v) is 15.3. The first-order chi connectivity index (χ1) is 12.2. The summed E-state index contributed by atoms with van der Waals surface area (Å²) in [4.78, 5) is 2.31. The maximum absolute atomic E-state index is 5.71. The van der Waals surface area contributed by atoms with Crippen molar-refractivity contribution in [2.75, 3.05) is 20.3 Å². The third-order valence-electron chi connectivity index (χ3n) is 4.19. The maximum atomic E-state index is 5.71. The van der Waals surface area contributed by atoms with E-state index in [0.717, 1.165) is 35.8 Å². The quantitative estimate of drug-likeness (QED) is 0.702. The van der Waals surface area contributed by atoms with Gasteiger partial charge in [-0.15, -0.1) is 0 Å². The minimum atomic E-state index is 0.592. The summed E-state index contributed by atoms with van der Waals surface area (Å²) in [5.41, 5.74) is 4.61. The van der Waals surface area contributed by atoms with E-state index in [1.54, 1.807) is 11.3 Å². The van der Waals surface area contributed by atoms with E-state index in [0.29, 0.717) is 13.2 Å². The number of aromatic nitrogens is 2. The number of nitrogens with zero attached hydrogens (tertiary/aromatic N) is 3. The highest BCUT2D eigenvalue weighted by atomic mass is 32.1. The van der Waals surface area contributed by atoms with Gasteiger partial charge in [0.1, 0.15) is 13.2 Å². The van der Waals surface area contributed by atoms with E-state index in [1.165, 1.54) is 11.1 Å². The summed E-state index contributed by atoms with van der Waals surface area (Å²) in [6, 6.07) is 8.22. The molecule has 0 N–H and O–H groups in total. The lowest BCUT2D eigenvalue weighted by Gasteiger charge is -2.19. The molecular weight excluding hydrogens is 334 g/mol. The monoisotopic (exact) mass is 355 g/mol. The number of benzene rings is 1. The molecule has 0 unspecified atom stereocenters. The van der Waals surface area contributed by atoms with Crippen molar-refractivity contribution in [2.45, 2.75) is 13.1 Å². The molecule has 3 heterocycles. The first kappa shape index (κ1) is 16.2. The molecule has 6 heteroatoms. The third-order valence-corrected chi connectivity index (χ3v) is 4.93. The second-order valence-corrected chi connectivity index (χ2v) is 7.12. The molecule has 3 aromatic rings. The predicted molar refractivity (Wildman–Crippen MR) is 99.1 cm³/mol. The van der Waals surface area contributed by atoms with Crippen LogP contribution in [0.15, 0.2) is 41.2 Å². The Balaban J connectivity index is 1.58. The number of thiophene rings is 1. The van der Waals surface area contributed by atoms with Crippen LogP contribution in [0.1, 0.15) is 11.1 Å². The van der Waals surface area contributed by atoms with Gasteiger partial charge in [0, 0.05) is 37.5 Å². The third kappa shape index (κ3) is 3.55. The number of hydrogen-bond acceptors (Lipinski definition) is 5. The summed E-state index contributed by atoms with van der Waals surface area (Å²) < 4.78 is 13.2. The fraction of sp³-hybridized carbons (Fsp3) is 0.316. The Bertz CT molecular complexity index is 858. The van der Waals surface area contributed by atoms with Gasteiger partial charge in [-0.2, -0.15) is 16.4 Å². The lowest BCUT2D eigenvalue weighted by molar-refractivity contribution is 0.171. The van der Waals surface area contributed by atoms with Gasteiger partial charge in [0.05, 0.1) is 5.69 Å². The van der Waals surface area contributed by atoms with Crippen molar-refractivity contribution >= 4 is 11.3 Å². The summed E-state index contributed by atoms with van der Waals surface area (Å²) in [7, 11) is 4.10. The molecule has 2 aromatic heterocycles. The molecule has 25 heavy (non-hydrogen) atoms. The van der Waals surface area contributed by atoms with Crippen LogP contribution in [-0.2, 0) is 20.1 Å². The fourth-order valence-electron chi connectivity index (χ4n) is 3.13. The van der Waals surface area contributed by atoms with Gasteiger partial charge in [-0.1, -0.05) is 0 Å². The molecule has 0 radical (unpaired) electrons. The molecule has 130 valence electrons. The highest BCUT2D eigenvalue weighted by Crippen LogP contribution is 2.35. The molecule has 0 amide bonds. The molecule has 0 bridgehead atoms. The Morgan fingerprint density at radius 1 is 1.16 bits per heavy atom. The minimum Gasteiger partial charge on any atom is -0.486 e. The summed E-state index contributed by atoms with van der Waals surface area (Å²) >= 11 is 1.74. The van der Waals surface area contributed by atoms with Crippen LogP contribution in [0.3, 0.4) is 0 Å². The maximum Gasteiger partial charge on any atom is 0.162 e. The van der Waals surface area contributed by atoms with Crippen molar-refractivity contribution in [1.29, 1.82) is 0 Å². The standard InChI is InChI=1S/C19H21N3O2S/c1-21(10-14-5-8-25-13-14)11-16-12-22(2)20-19(16)15-3-4-17-18(9-15)24-7-6-23-17/h3-5,8-9,12-13H,6-7,10-11H2,1-2H3. The lowest BCUT2D eigenvalue weighted by Crippen LogP contribution is -2.17. The van der Waals surface area contributed by atoms with Crippen molar-refractivity contribution < 1.29 is 9.47 Å². The van der Waals surface area contributed by atoms with Crippen molar-refractivity contribution in [3.05, 3.63) is 52.3 Å². The molecular formula is C19H21N3O2S. The van der Waals surface area contributed by atoms with Gasteiger partial charge in [0.2, 0.25) is 0 Å². The first-order valence-electron chi connectivity index (χ1n) is 8.31. The van der Waals surface area contributed by atoms with E-state index < -0.39 is 0 Å². The van der Waals surface area contributed by atoms with Gasteiger partial charge in [0.25, 0.3) is 0 Å². The van der Waals surface area contributed by atoms with Gasteiger partial charge >= 0.3 is 0 Å². The highest BCUT2D eigenvalue weighted by molar-refractivity contribution is 7.07. The molecule has 0 atom stereocenters. The van der Waals surface area contributed by atoms with Crippen LogP contribution in [0.2, 0.25) is 0 Å². The molecule has 0 saturated heterocycles. The number of ether oxygens (including phenoxy) is 2. The second-order valence-electron chi connectivity index (χ2n) is 6.34. The predicted octanol–water partition coefficient (Wildman–Crippen LogP) is 3.55. The summed E-state index contributed by atoms with van der Waals surface area (Å²) in [6.45, 7) is 2.97. The molecule has 0 fully saturated rings. The largest absolute Gasteiger partial charge is 0.486 e. The Morgan fingerprint density at radius 2 is 2.00 bits per heavy atom. The first-order valence-corrected chi connectivity index (χ1v) is 9.25. The van der Waals surface area contributed by atoms with E-state index in [2.05, 4.69) is 46.1 Å². The van der Waals surface area contributed by atoms with Crippen LogP contribution in [0.5, 0.6) is 11.5 Å². The van der Waals surface area contributed by atoms with Crippen molar-refractivity contribution in [2.24, 2.45) is 7.05 Å². The van der Waals surface area contributed by atoms with E-state index in [1.807, 2.05) is 23.9 Å². The Morgan fingerprint density at radius 3 is 2.80 bits per heavy atom. The number of hydrogen-bond donors (Lipinski definition) is 0. The topological polar surface area (TPSA) is 39.5 Å². The molecule has 1 aliphatic rings. The Hall–Kier alpha value is -2.31. The van der Waals surface area contributed by atoms with Gasteiger partial charge in [-0.05, 0) is 47.6 Å². The zero-order chi connectivity index (χ0) is 17.2. The SMILES string of the molecule is CN(Cc1ccsc1)Cc1cn(C)nc1-c1ccc2c(c1)OCCO2.